The number of ether oxygens (including phenoxy) is 2. The number of esters is 1. The number of aromatic nitrogens is 3. The summed E-state index contributed by atoms with van der Waals surface area (Å²) in [4.78, 5) is 26.7. The van der Waals surface area contributed by atoms with Crippen molar-refractivity contribution in [3.8, 4) is 11.3 Å². The number of aromatic amines is 1. The topological polar surface area (TPSA) is 92.4 Å². The Balaban J connectivity index is 1.53. The Kier molecular flexibility index (Phi) is 6.18. The van der Waals surface area contributed by atoms with Gasteiger partial charge < -0.3 is 24.7 Å². The number of hydrogen-bond donors (Lipinski definition) is 2. The van der Waals surface area contributed by atoms with E-state index in [1.54, 1.807) is 13.1 Å². The lowest BCUT2D eigenvalue weighted by Crippen LogP contribution is -2.36. The number of aryl methyl sites for hydroxylation is 1. The van der Waals surface area contributed by atoms with Gasteiger partial charge in [-0.05, 0) is 56.7 Å². The van der Waals surface area contributed by atoms with Gasteiger partial charge >= 0.3 is 5.97 Å². The van der Waals surface area contributed by atoms with E-state index in [9.17, 15) is 4.79 Å². The van der Waals surface area contributed by atoms with Crippen LogP contribution in [0.1, 0.15) is 28.7 Å². The van der Waals surface area contributed by atoms with Crippen molar-refractivity contribution < 1.29 is 14.3 Å². The number of carbonyl (C=O) groups excluding carboxylic acids is 1. The standard InChI is InChI=1S/C23H27N5O3/c1-4-31-22(29)21-15(2)20(16(3)25-21)19-9-10-24-23(27-19)26-17-5-7-18(8-6-17)28-11-13-30-14-12-28/h5-10,25H,4,11-14H2,1-3H3,(H,24,26,27). The fourth-order valence-electron chi connectivity index (χ4n) is 3.81. The molecule has 2 N–H and O–H groups in total. The summed E-state index contributed by atoms with van der Waals surface area (Å²) in [5.41, 5.74) is 5.84. The van der Waals surface area contributed by atoms with Crippen LogP contribution in [0, 0.1) is 13.8 Å². The molecule has 1 saturated heterocycles. The van der Waals surface area contributed by atoms with E-state index in [1.165, 1.54) is 5.69 Å². The van der Waals surface area contributed by atoms with Crippen molar-refractivity contribution in [1.29, 1.82) is 0 Å². The van der Waals surface area contributed by atoms with Crippen molar-refractivity contribution in [3.05, 3.63) is 53.5 Å². The molecule has 0 radical (unpaired) electrons. The van der Waals surface area contributed by atoms with Crippen LogP contribution in [0.3, 0.4) is 0 Å². The Labute approximate surface area is 181 Å². The largest absolute Gasteiger partial charge is 0.461 e. The van der Waals surface area contributed by atoms with Crippen LogP contribution in [0.15, 0.2) is 36.5 Å². The van der Waals surface area contributed by atoms with Gasteiger partial charge in [0.2, 0.25) is 5.95 Å². The van der Waals surface area contributed by atoms with Crippen molar-refractivity contribution in [2.24, 2.45) is 0 Å². The minimum absolute atomic E-state index is 0.331. The molecule has 162 valence electrons. The Morgan fingerprint density at radius 3 is 2.65 bits per heavy atom. The number of hydrogen-bond acceptors (Lipinski definition) is 7. The highest BCUT2D eigenvalue weighted by Crippen LogP contribution is 2.29. The normalized spacial score (nSPS) is 13.8. The predicted molar refractivity (Wildman–Crippen MR) is 120 cm³/mol. The van der Waals surface area contributed by atoms with E-state index < -0.39 is 0 Å². The molecule has 31 heavy (non-hydrogen) atoms. The lowest BCUT2D eigenvalue weighted by molar-refractivity contribution is 0.0519. The first-order valence-electron chi connectivity index (χ1n) is 10.5. The fraction of sp³-hybridized carbons (Fsp3) is 0.348. The van der Waals surface area contributed by atoms with Gasteiger partial charge in [-0.15, -0.1) is 0 Å². The number of nitrogens with one attached hydrogen (secondary N) is 2. The SMILES string of the molecule is CCOC(=O)c1[nH]c(C)c(-c2ccnc(Nc3ccc(N4CCOCC4)cc3)n2)c1C. The number of nitrogens with zero attached hydrogens (tertiary/aromatic N) is 3. The summed E-state index contributed by atoms with van der Waals surface area (Å²) in [6.07, 6.45) is 1.71. The molecule has 0 spiro atoms. The molecule has 0 amide bonds. The highest BCUT2D eigenvalue weighted by atomic mass is 16.5. The molecule has 8 heteroatoms. The number of benzene rings is 1. The summed E-state index contributed by atoms with van der Waals surface area (Å²) >= 11 is 0. The van der Waals surface area contributed by atoms with Gasteiger partial charge in [-0.25, -0.2) is 14.8 Å². The monoisotopic (exact) mass is 421 g/mol. The summed E-state index contributed by atoms with van der Waals surface area (Å²) in [7, 11) is 0. The maximum absolute atomic E-state index is 12.2. The lowest BCUT2D eigenvalue weighted by atomic mass is 10.1. The van der Waals surface area contributed by atoms with E-state index in [2.05, 4.69) is 37.3 Å². The highest BCUT2D eigenvalue weighted by Gasteiger charge is 2.20. The Morgan fingerprint density at radius 1 is 1.19 bits per heavy atom. The van der Waals surface area contributed by atoms with E-state index in [0.717, 1.165) is 54.5 Å². The number of carbonyl (C=O) groups is 1. The van der Waals surface area contributed by atoms with Gasteiger partial charge in [-0.1, -0.05) is 0 Å². The van der Waals surface area contributed by atoms with E-state index in [-0.39, 0.29) is 5.97 Å². The first-order valence-corrected chi connectivity index (χ1v) is 10.5. The Bertz CT molecular complexity index is 1060. The van der Waals surface area contributed by atoms with Crippen LogP contribution in [0.25, 0.3) is 11.3 Å². The van der Waals surface area contributed by atoms with Crippen molar-refractivity contribution in [1.82, 2.24) is 15.0 Å². The zero-order valence-corrected chi connectivity index (χ0v) is 18.1. The van der Waals surface area contributed by atoms with Gasteiger partial charge in [0.1, 0.15) is 5.69 Å². The second kappa shape index (κ2) is 9.18. The molecule has 1 fully saturated rings. The molecular formula is C23H27N5O3. The molecule has 1 aliphatic heterocycles. The zero-order valence-electron chi connectivity index (χ0n) is 18.1. The minimum Gasteiger partial charge on any atom is -0.461 e. The van der Waals surface area contributed by atoms with Gasteiger partial charge in [0, 0.05) is 41.9 Å². The Morgan fingerprint density at radius 2 is 1.94 bits per heavy atom. The smallest absolute Gasteiger partial charge is 0.355 e. The molecule has 0 saturated carbocycles. The third kappa shape index (κ3) is 4.54. The van der Waals surface area contributed by atoms with Crippen LogP contribution in [0.2, 0.25) is 0 Å². The van der Waals surface area contributed by atoms with Gasteiger partial charge in [0.15, 0.2) is 0 Å². The summed E-state index contributed by atoms with van der Waals surface area (Å²) in [6, 6.07) is 10.1. The average molecular weight is 422 g/mol. The number of morpholine rings is 1. The summed E-state index contributed by atoms with van der Waals surface area (Å²) < 4.78 is 10.6. The van der Waals surface area contributed by atoms with E-state index in [4.69, 9.17) is 9.47 Å². The van der Waals surface area contributed by atoms with Crippen LogP contribution in [-0.2, 0) is 9.47 Å². The van der Waals surface area contributed by atoms with Crippen molar-refractivity contribution in [2.75, 3.05) is 43.1 Å². The molecule has 1 aromatic carbocycles. The first kappa shape index (κ1) is 20.9. The molecule has 0 bridgehead atoms. The van der Waals surface area contributed by atoms with Crippen LogP contribution in [0.5, 0.6) is 0 Å². The summed E-state index contributed by atoms with van der Waals surface area (Å²) in [6.45, 7) is 9.27. The quantitative estimate of drug-likeness (QED) is 0.584. The van der Waals surface area contributed by atoms with E-state index >= 15 is 0 Å². The lowest BCUT2D eigenvalue weighted by Gasteiger charge is -2.28. The second-order valence-corrected chi connectivity index (χ2v) is 7.38. The number of anilines is 3. The fourth-order valence-corrected chi connectivity index (χ4v) is 3.81. The van der Waals surface area contributed by atoms with Crippen LogP contribution in [0.4, 0.5) is 17.3 Å². The van der Waals surface area contributed by atoms with Crippen molar-refractivity contribution in [2.45, 2.75) is 20.8 Å². The predicted octanol–water partition coefficient (Wildman–Crippen LogP) is 3.85. The third-order valence-corrected chi connectivity index (χ3v) is 5.33. The molecule has 1 aliphatic rings. The van der Waals surface area contributed by atoms with Gasteiger partial charge in [0.05, 0.1) is 25.5 Å². The second-order valence-electron chi connectivity index (χ2n) is 7.38. The van der Waals surface area contributed by atoms with Gasteiger partial charge in [-0.2, -0.15) is 0 Å². The zero-order chi connectivity index (χ0) is 21.8. The summed E-state index contributed by atoms with van der Waals surface area (Å²) in [5.74, 6) is 0.136. The molecule has 0 atom stereocenters. The van der Waals surface area contributed by atoms with Crippen LogP contribution in [-0.4, -0.2) is 53.8 Å². The van der Waals surface area contributed by atoms with Gasteiger partial charge in [0.25, 0.3) is 0 Å². The van der Waals surface area contributed by atoms with Gasteiger partial charge in [-0.3, -0.25) is 0 Å². The minimum atomic E-state index is -0.359. The molecule has 3 heterocycles. The first-order chi connectivity index (χ1) is 15.1. The maximum atomic E-state index is 12.2. The van der Waals surface area contributed by atoms with Crippen molar-refractivity contribution in [3.63, 3.8) is 0 Å². The summed E-state index contributed by atoms with van der Waals surface area (Å²) in [5, 5.41) is 3.27. The average Bonchev–Trinajstić information content (AvgIpc) is 3.09. The van der Waals surface area contributed by atoms with E-state index in [0.29, 0.717) is 18.2 Å². The third-order valence-electron chi connectivity index (χ3n) is 5.33. The molecular weight excluding hydrogens is 394 g/mol. The number of H-pyrrole nitrogens is 1. The Hall–Kier alpha value is -3.39. The maximum Gasteiger partial charge on any atom is 0.355 e. The van der Waals surface area contributed by atoms with Crippen molar-refractivity contribution >= 4 is 23.3 Å². The van der Waals surface area contributed by atoms with Crippen LogP contribution >= 0.6 is 0 Å². The molecule has 3 aromatic rings. The highest BCUT2D eigenvalue weighted by molar-refractivity contribution is 5.92. The molecule has 8 nitrogen and oxygen atoms in total. The van der Waals surface area contributed by atoms with Crippen LogP contribution < -0.4 is 10.2 Å². The molecule has 0 aliphatic carbocycles. The molecule has 0 unspecified atom stereocenters. The van der Waals surface area contributed by atoms with E-state index in [1.807, 2.05) is 32.0 Å². The molecule has 4 rings (SSSR count). The molecule has 2 aromatic heterocycles. The number of rotatable bonds is 6.